The molecule has 188 valence electrons. The summed E-state index contributed by atoms with van der Waals surface area (Å²) in [5.74, 6) is 2.33. The number of rotatable bonds is 6. The molecule has 36 heavy (non-hydrogen) atoms. The third kappa shape index (κ3) is 6.03. The minimum atomic E-state index is 0.0687. The van der Waals surface area contributed by atoms with Crippen LogP contribution in [0.25, 0.3) is 0 Å². The molecule has 5 rings (SSSR count). The molecule has 0 spiro atoms. The molecular weight excluding hydrogens is 470 g/mol. The van der Waals surface area contributed by atoms with Crippen molar-refractivity contribution in [2.45, 2.75) is 13.0 Å². The second-order valence-electron chi connectivity index (χ2n) is 9.05. The fraction of sp³-hybridized carbons (Fsp3) is 0.370. The topological polar surface area (TPSA) is 68.8 Å². The van der Waals surface area contributed by atoms with E-state index in [2.05, 4.69) is 80.8 Å². The summed E-state index contributed by atoms with van der Waals surface area (Å²) in [6.45, 7) is 8.78. The van der Waals surface area contributed by atoms with Crippen LogP contribution in [0.15, 0.2) is 66.7 Å². The summed E-state index contributed by atoms with van der Waals surface area (Å²) in [7, 11) is 0. The Hall–Kier alpha value is -3.43. The van der Waals surface area contributed by atoms with Crippen LogP contribution in [0.1, 0.15) is 18.5 Å². The van der Waals surface area contributed by atoms with Gasteiger partial charge in [-0.25, -0.2) is 0 Å². The second kappa shape index (κ2) is 11.5. The van der Waals surface area contributed by atoms with Crippen LogP contribution in [-0.2, 0) is 4.74 Å². The van der Waals surface area contributed by atoms with Gasteiger partial charge < -0.3 is 30.1 Å². The maximum atomic E-state index is 5.63. The number of thiocarbonyl (C=S) groups is 1. The number of piperazine rings is 1. The van der Waals surface area contributed by atoms with Crippen molar-refractivity contribution in [3.8, 4) is 0 Å². The molecule has 2 fully saturated rings. The lowest BCUT2D eigenvalue weighted by molar-refractivity contribution is 0.122. The largest absolute Gasteiger partial charge is 0.378 e. The number of morpholine rings is 1. The summed E-state index contributed by atoms with van der Waals surface area (Å²) >= 11 is 5.63. The van der Waals surface area contributed by atoms with Crippen molar-refractivity contribution < 1.29 is 4.74 Å². The minimum Gasteiger partial charge on any atom is -0.378 e. The van der Waals surface area contributed by atoms with E-state index in [9.17, 15) is 0 Å². The van der Waals surface area contributed by atoms with Gasteiger partial charge in [-0.1, -0.05) is 48.5 Å². The molecule has 0 aliphatic carbocycles. The second-order valence-corrected chi connectivity index (χ2v) is 9.46. The maximum absolute atomic E-state index is 5.63. The number of hydrogen-bond acceptors (Lipinski definition) is 7. The summed E-state index contributed by atoms with van der Waals surface area (Å²) in [4.78, 5) is 16.7. The monoisotopic (exact) mass is 503 g/mol. The van der Waals surface area contributed by atoms with Crippen molar-refractivity contribution in [3.63, 3.8) is 0 Å². The van der Waals surface area contributed by atoms with E-state index in [1.807, 2.05) is 18.2 Å². The Morgan fingerprint density at radius 3 is 2.00 bits per heavy atom. The number of anilines is 4. The summed E-state index contributed by atoms with van der Waals surface area (Å²) in [6, 6.07) is 23.0. The van der Waals surface area contributed by atoms with Crippen LogP contribution in [-0.4, -0.2) is 67.6 Å². The molecule has 3 heterocycles. The van der Waals surface area contributed by atoms with Crippen LogP contribution in [0, 0.1) is 0 Å². The molecular formula is C27H33N7OS. The van der Waals surface area contributed by atoms with Gasteiger partial charge in [0.05, 0.1) is 19.3 Å². The molecule has 2 aliphatic rings. The Morgan fingerprint density at radius 1 is 0.806 bits per heavy atom. The fourth-order valence-electron chi connectivity index (χ4n) is 4.59. The zero-order valence-electron chi connectivity index (χ0n) is 20.6. The lowest BCUT2D eigenvalue weighted by Gasteiger charge is -2.37. The van der Waals surface area contributed by atoms with Crippen molar-refractivity contribution in [2.75, 3.05) is 72.5 Å². The van der Waals surface area contributed by atoms with Crippen molar-refractivity contribution in [1.29, 1.82) is 0 Å². The number of ether oxygens (including phenoxy) is 1. The maximum Gasteiger partial charge on any atom is 0.232 e. The van der Waals surface area contributed by atoms with E-state index in [0.717, 1.165) is 50.9 Å². The predicted octanol–water partition coefficient (Wildman–Crippen LogP) is 3.69. The molecule has 1 atom stereocenters. The van der Waals surface area contributed by atoms with Gasteiger partial charge in [-0.05, 0) is 36.8 Å². The van der Waals surface area contributed by atoms with Crippen molar-refractivity contribution >= 4 is 40.6 Å². The van der Waals surface area contributed by atoms with Gasteiger partial charge in [-0.3, -0.25) is 0 Å². The van der Waals surface area contributed by atoms with Crippen LogP contribution < -0.4 is 25.3 Å². The van der Waals surface area contributed by atoms with Crippen molar-refractivity contribution in [2.24, 2.45) is 0 Å². The standard InChI is InChI=1S/C27H33N7OS/c1-21(22-8-4-2-5-9-22)28-27(36)31-26-29-24(20-25(30-26)34-16-18-35-19-17-34)33-14-12-32(13-15-33)23-10-6-3-7-11-23/h2-11,20-21H,12-19H2,1H3,(H2,28,29,30,31,36). The molecule has 0 amide bonds. The van der Waals surface area contributed by atoms with E-state index in [0.29, 0.717) is 24.3 Å². The molecule has 3 aromatic rings. The molecule has 2 N–H and O–H groups in total. The lowest BCUT2D eigenvalue weighted by Crippen LogP contribution is -2.47. The first-order valence-corrected chi connectivity index (χ1v) is 13.0. The molecule has 0 bridgehead atoms. The Bertz CT molecular complexity index is 1130. The van der Waals surface area contributed by atoms with E-state index in [-0.39, 0.29) is 6.04 Å². The summed E-state index contributed by atoms with van der Waals surface area (Å²) in [6.07, 6.45) is 0. The number of aromatic nitrogens is 2. The van der Waals surface area contributed by atoms with E-state index in [1.165, 1.54) is 11.3 Å². The molecule has 9 heteroatoms. The molecule has 0 radical (unpaired) electrons. The molecule has 2 aromatic carbocycles. The van der Waals surface area contributed by atoms with Crippen molar-refractivity contribution in [3.05, 3.63) is 72.3 Å². The first-order valence-electron chi connectivity index (χ1n) is 12.5. The Kier molecular flexibility index (Phi) is 7.78. The quantitative estimate of drug-likeness (QED) is 0.490. The average molecular weight is 504 g/mol. The van der Waals surface area contributed by atoms with Crippen LogP contribution in [0.5, 0.6) is 0 Å². The van der Waals surface area contributed by atoms with E-state index >= 15 is 0 Å². The van der Waals surface area contributed by atoms with E-state index in [1.54, 1.807) is 0 Å². The zero-order valence-corrected chi connectivity index (χ0v) is 21.5. The SMILES string of the molecule is CC(NC(=S)Nc1nc(N2CCOCC2)cc(N2CCN(c3ccccc3)CC2)n1)c1ccccc1. The summed E-state index contributed by atoms with van der Waals surface area (Å²) < 4.78 is 5.55. The highest BCUT2D eigenvalue weighted by Crippen LogP contribution is 2.25. The van der Waals surface area contributed by atoms with E-state index < -0.39 is 0 Å². The summed E-state index contributed by atoms with van der Waals surface area (Å²) in [5, 5.41) is 7.10. The molecule has 1 unspecified atom stereocenters. The van der Waals surface area contributed by atoms with E-state index in [4.69, 9.17) is 26.9 Å². The molecule has 0 saturated carbocycles. The normalized spacial score (nSPS) is 17.0. The van der Waals surface area contributed by atoms with Gasteiger partial charge in [0.1, 0.15) is 11.6 Å². The highest BCUT2D eigenvalue weighted by molar-refractivity contribution is 7.80. The van der Waals surface area contributed by atoms with Gasteiger partial charge in [-0.15, -0.1) is 0 Å². The Morgan fingerprint density at radius 2 is 1.36 bits per heavy atom. The molecule has 2 saturated heterocycles. The Labute approximate surface area is 218 Å². The van der Waals surface area contributed by atoms with Gasteiger partial charge in [0.15, 0.2) is 5.11 Å². The lowest BCUT2D eigenvalue weighted by atomic mass is 10.1. The van der Waals surface area contributed by atoms with Crippen LogP contribution in [0.4, 0.5) is 23.3 Å². The van der Waals surface area contributed by atoms with Crippen LogP contribution in [0.3, 0.4) is 0 Å². The minimum absolute atomic E-state index is 0.0687. The van der Waals surface area contributed by atoms with Gasteiger partial charge in [-0.2, -0.15) is 9.97 Å². The van der Waals surface area contributed by atoms with Crippen LogP contribution in [0.2, 0.25) is 0 Å². The highest BCUT2D eigenvalue weighted by Gasteiger charge is 2.22. The van der Waals surface area contributed by atoms with Crippen molar-refractivity contribution in [1.82, 2.24) is 15.3 Å². The number of para-hydroxylation sites is 1. The smallest absolute Gasteiger partial charge is 0.232 e. The number of hydrogen-bond donors (Lipinski definition) is 2. The third-order valence-electron chi connectivity index (χ3n) is 6.63. The van der Waals surface area contributed by atoms with Gasteiger partial charge in [0.2, 0.25) is 5.95 Å². The molecule has 2 aliphatic heterocycles. The summed E-state index contributed by atoms with van der Waals surface area (Å²) in [5.41, 5.74) is 2.43. The molecule has 8 nitrogen and oxygen atoms in total. The average Bonchev–Trinajstić information content (AvgIpc) is 2.94. The number of nitrogens with one attached hydrogen (secondary N) is 2. The zero-order chi connectivity index (χ0) is 24.7. The number of nitrogens with zero attached hydrogens (tertiary/aromatic N) is 5. The highest BCUT2D eigenvalue weighted by atomic mass is 32.1. The van der Waals surface area contributed by atoms with Gasteiger partial charge in [0.25, 0.3) is 0 Å². The van der Waals surface area contributed by atoms with Gasteiger partial charge >= 0.3 is 0 Å². The molecule has 1 aromatic heterocycles. The predicted molar refractivity (Wildman–Crippen MR) is 150 cm³/mol. The van der Waals surface area contributed by atoms with Gasteiger partial charge in [0, 0.05) is 51.0 Å². The number of benzene rings is 2. The fourth-order valence-corrected chi connectivity index (χ4v) is 4.85. The first kappa shape index (κ1) is 24.3. The third-order valence-corrected chi connectivity index (χ3v) is 6.85. The first-order chi connectivity index (χ1) is 17.7. The van der Waals surface area contributed by atoms with Crippen LogP contribution >= 0.6 is 12.2 Å². The Balaban J connectivity index is 1.31.